The van der Waals surface area contributed by atoms with E-state index in [1.54, 1.807) is 12.3 Å². The van der Waals surface area contributed by atoms with Crippen LogP contribution in [0.1, 0.15) is 21.5 Å². The first kappa shape index (κ1) is 28.6. The molecular formula is C35H29ClFN7O. The van der Waals surface area contributed by atoms with Crippen LogP contribution >= 0.6 is 11.6 Å². The number of nitrogens with one attached hydrogen (secondary N) is 2. The third kappa shape index (κ3) is 5.75. The van der Waals surface area contributed by atoms with Gasteiger partial charge >= 0.3 is 0 Å². The zero-order valence-corrected chi connectivity index (χ0v) is 25.4. The highest BCUT2D eigenvalue weighted by Crippen LogP contribution is 2.34. The third-order valence-corrected chi connectivity index (χ3v) is 8.43. The van der Waals surface area contributed by atoms with Crippen LogP contribution < -0.4 is 10.6 Å². The van der Waals surface area contributed by atoms with E-state index < -0.39 is 11.7 Å². The van der Waals surface area contributed by atoms with Crippen LogP contribution in [0.25, 0.3) is 28.3 Å². The van der Waals surface area contributed by atoms with E-state index in [1.165, 1.54) is 23.3 Å². The van der Waals surface area contributed by atoms with Crippen molar-refractivity contribution < 1.29 is 9.18 Å². The van der Waals surface area contributed by atoms with Gasteiger partial charge in [-0.25, -0.2) is 19.3 Å². The molecule has 0 spiro atoms. The summed E-state index contributed by atoms with van der Waals surface area (Å²) in [5.74, 6) is -0.581. The van der Waals surface area contributed by atoms with Gasteiger partial charge in [-0.2, -0.15) is 0 Å². The van der Waals surface area contributed by atoms with Crippen molar-refractivity contribution in [2.45, 2.75) is 18.9 Å². The van der Waals surface area contributed by atoms with E-state index in [-0.39, 0.29) is 10.6 Å². The molecule has 0 saturated heterocycles. The van der Waals surface area contributed by atoms with Crippen LogP contribution in [-0.2, 0) is 12.8 Å². The number of hydrogen-bond acceptors (Lipinski definition) is 6. The second-order valence-corrected chi connectivity index (χ2v) is 11.7. The largest absolute Gasteiger partial charge is 0.324 e. The number of carbonyl (C=O) groups excluding carboxylic acids is 1. The number of hydrogen-bond donors (Lipinski definition) is 2. The molecule has 45 heavy (non-hydrogen) atoms. The van der Waals surface area contributed by atoms with Gasteiger partial charge in [-0.15, -0.1) is 0 Å². The molecular weight excluding hydrogens is 589 g/mol. The Labute approximate surface area is 264 Å². The summed E-state index contributed by atoms with van der Waals surface area (Å²) in [7, 11) is 4.25. The first-order valence-electron chi connectivity index (χ1n) is 14.5. The van der Waals surface area contributed by atoms with Gasteiger partial charge in [0.05, 0.1) is 27.7 Å². The number of carbonyl (C=O) groups is 1. The predicted octanol–water partition coefficient (Wildman–Crippen LogP) is 7.28. The molecule has 3 aromatic carbocycles. The lowest BCUT2D eigenvalue weighted by molar-refractivity contribution is 0.102. The topological polar surface area (TPSA) is 87.5 Å². The van der Waals surface area contributed by atoms with Crippen LogP contribution in [0.4, 0.5) is 21.7 Å². The van der Waals surface area contributed by atoms with E-state index in [1.807, 2.05) is 53.1 Å². The summed E-state index contributed by atoms with van der Waals surface area (Å²) < 4.78 is 15.8. The van der Waals surface area contributed by atoms with Gasteiger partial charge in [0.15, 0.2) is 0 Å². The minimum absolute atomic E-state index is 0.0531. The minimum Gasteiger partial charge on any atom is -0.324 e. The van der Waals surface area contributed by atoms with E-state index >= 15 is 0 Å². The Bertz CT molecular complexity index is 2080. The SMILES string of the molecule is CN(C)C1Cc2ccc(Nc3nccc(-c4c(-c5cccc(NC(=O)c6cc(F)ccc6Cl)c5)nc5ccccn45)n3)cc2C1. The molecule has 7 rings (SSSR count). The van der Waals surface area contributed by atoms with Crippen molar-refractivity contribution in [3.63, 3.8) is 0 Å². The van der Waals surface area contributed by atoms with Crippen molar-refractivity contribution in [1.82, 2.24) is 24.3 Å². The van der Waals surface area contributed by atoms with E-state index in [2.05, 4.69) is 52.8 Å². The molecule has 1 unspecified atom stereocenters. The number of fused-ring (bicyclic) bond motifs is 2. The number of rotatable bonds is 7. The monoisotopic (exact) mass is 617 g/mol. The summed E-state index contributed by atoms with van der Waals surface area (Å²) in [6.45, 7) is 0. The van der Waals surface area contributed by atoms with Crippen molar-refractivity contribution in [1.29, 1.82) is 0 Å². The maximum Gasteiger partial charge on any atom is 0.257 e. The molecule has 0 bridgehead atoms. The number of amides is 1. The normalized spacial score (nSPS) is 14.1. The molecule has 6 aromatic rings. The van der Waals surface area contributed by atoms with E-state index in [4.69, 9.17) is 21.6 Å². The maximum atomic E-state index is 13.8. The minimum atomic E-state index is -0.541. The molecule has 0 aliphatic heterocycles. The van der Waals surface area contributed by atoms with Crippen LogP contribution in [0.3, 0.4) is 0 Å². The van der Waals surface area contributed by atoms with Crippen molar-refractivity contribution in [2.24, 2.45) is 0 Å². The lowest BCUT2D eigenvalue weighted by atomic mass is 10.1. The second kappa shape index (κ2) is 11.8. The first-order chi connectivity index (χ1) is 21.8. The van der Waals surface area contributed by atoms with Crippen molar-refractivity contribution >= 4 is 40.5 Å². The number of likely N-dealkylation sites (N-methyl/N-ethyl adjacent to an activating group) is 1. The fourth-order valence-electron chi connectivity index (χ4n) is 5.77. The van der Waals surface area contributed by atoms with Gasteiger partial charge in [0.25, 0.3) is 5.91 Å². The Kier molecular flexibility index (Phi) is 7.48. The number of imidazole rings is 1. The van der Waals surface area contributed by atoms with Gasteiger partial charge < -0.3 is 15.5 Å². The third-order valence-electron chi connectivity index (χ3n) is 8.10. The summed E-state index contributed by atoms with van der Waals surface area (Å²) in [6.07, 6.45) is 5.73. The van der Waals surface area contributed by atoms with Gasteiger partial charge in [0, 0.05) is 35.4 Å². The number of anilines is 3. The summed E-state index contributed by atoms with van der Waals surface area (Å²) in [4.78, 5) is 29.6. The molecule has 0 fully saturated rings. The fraction of sp³-hybridized carbons (Fsp3) is 0.143. The Morgan fingerprint density at radius 2 is 1.80 bits per heavy atom. The molecule has 3 aromatic heterocycles. The molecule has 224 valence electrons. The summed E-state index contributed by atoms with van der Waals surface area (Å²) in [6, 6.07) is 25.6. The molecule has 0 saturated carbocycles. The van der Waals surface area contributed by atoms with Crippen LogP contribution in [0.2, 0.25) is 5.02 Å². The van der Waals surface area contributed by atoms with Gasteiger partial charge in [0.1, 0.15) is 11.5 Å². The highest BCUT2D eigenvalue weighted by atomic mass is 35.5. The smallest absolute Gasteiger partial charge is 0.257 e. The van der Waals surface area contributed by atoms with Crippen molar-refractivity contribution in [2.75, 3.05) is 24.7 Å². The van der Waals surface area contributed by atoms with Crippen LogP contribution in [0.5, 0.6) is 0 Å². The Morgan fingerprint density at radius 3 is 2.67 bits per heavy atom. The summed E-state index contributed by atoms with van der Waals surface area (Å²) >= 11 is 6.16. The number of nitrogens with zero attached hydrogens (tertiary/aromatic N) is 5. The zero-order chi connectivity index (χ0) is 31.1. The highest BCUT2D eigenvalue weighted by molar-refractivity contribution is 6.34. The molecule has 2 N–H and O–H groups in total. The highest BCUT2D eigenvalue weighted by Gasteiger charge is 2.23. The van der Waals surface area contributed by atoms with Crippen molar-refractivity contribution in [3.8, 4) is 22.6 Å². The Balaban J connectivity index is 1.21. The average Bonchev–Trinajstić information content (AvgIpc) is 3.64. The number of pyridine rings is 1. The van der Waals surface area contributed by atoms with E-state index in [0.29, 0.717) is 29.1 Å². The van der Waals surface area contributed by atoms with Crippen LogP contribution in [0.15, 0.2) is 97.3 Å². The predicted molar refractivity (Wildman–Crippen MR) is 176 cm³/mol. The number of halogens is 2. The molecule has 1 aliphatic rings. The van der Waals surface area contributed by atoms with Gasteiger partial charge in [0.2, 0.25) is 5.95 Å². The lowest BCUT2D eigenvalue weighted by Crippen LogP contribution is -2.27. The van der Waals surface area contributed by atoms with E-state index in [9.17, 15) is 9.18 Å². The first-order valence-corrected chi connectivity index (χ1v) is 14.9. The molecule has 8 nitrogen and oxygen atoms in total. The maximum absolute atomic E-state index is 13.8. The molecule has 0 radical (unpaired) electrons. The molecule has 10 heteroatoms. The van der Waals surface area contributed by atoms with Gasteiger partial charge in [-0.1, -0.05) is 35.9 Å². The quantitative estimate of drug-likeness (QED) is 0.196. The molecule has 1 aliphatic carbocycles. The zero-order valence-electron chi connectivity index (χ0n) is 24.6. The Hall–Kier alpha value is -5.12. The fourth-order valence-corrected chi connectivity index (χ4v) is 5.98. The Morgan fingerprint density at radius 1 is 0.933 bits per heavy atom. The van der Waals surface area contributed by atoms with Crippen LogP contribution in [0, 0.1) is 5.82 Å². The van der Waals surface area contributed by atoms with Gasteiger partial charge in [-0.05, 0) is 98.7 Å². The molecule has 3 heterocycles. The molecule has 1 amide bonds. The number of aromatic nitrogens is 4. The second-order valence-electron chi connectivity index (χ2n) is 11.3. The van der Waals surface area contributed by atoms with Crippen molar-refractivity contribution in [3.05, 3.63) is 125 Å². The van der Waals surface area contributed by atoms with E-state index in [0.717, 1.165) is 41.5 Å². The standard InChI is InChI=1S/C35H29ClFN7O/c1-43(2)27-18-21-9-11-26(17-23(21)19-27)40-35-38-14-13-30(41-35)33-32(42-31-8-3-4-15-44(31)33)22-6-5-7-25(16-22)39-34(45)28-20-24(37)10-12-29(28)36/h3-17,20,27H,18-19H2,1-2H3,(H,39,45)(H,38,40,41). The van der Waals surface area contributed by atoms with Crippen LogP contribution in [-0.4, -0.2) is 50.3 Å². The average molecular weight is 618 g/mol. The summed E-state index contributed by atoms with van der Waals surface area (Å²) in [5, 5.41) is 6.39. The van der Waals surface area contributed by atoms with Gasteiger partial charge in [-0.3, -0.25) is 9.20 Å². The summed E-state index contributed by atoms with van der Waals surface area (Å²) in [5.41, 5.74) is 7.85. The lowest BCUT2D eigenvalue weighted by Gasteiger charge is -2.17. The number of benzene rings is 3. The molecule has 1 atom stereocenters.